The highest BCUT2D eigenvalue weighted by molar-refractivity contribution is 7.92. The third-order valence-corrected chi connectivity index (χ3v) is 5.57. The Balaban J connectivity index is 1.71. The maximum absolute atomic E-state index is 12.6. The molecule has 0 aliphatic heterocycles. The number of hydrogen-bond acceptors (Lipinski definition) is 7. The highest BCUT2D eigenvalue weighted by Gasteiger charge is 2.18. The third-order valence-electron chi connectivity index (χ3n) is 4.19. The van der Waals surface area contributed by atoms with E-state index in [1.54, 1.807) is 30.3 Å². The zero-order chi connectivity index (χ0) is 22.4. The summed E-state index contributed by atoms with van der Waals surface area (Å²) in [6.07, 6.45) is 0. The molecule has 10 nitrogen and oxygen atoms in total. The van der Waals surface area contributed by atoms with Gasteiger partial charge in [-0.2, -0.15) is 0 Å². The van der Waals surface area contributed by atoms with Crippen LogP contribution in [0.1, 0.15) is 10.4 Å². The lowest BCUT2D eigenvalue weighted by Crippen LogP contribution is -2.29. The lowest BCUT2D eigenvalue weighted by atomic mass is 10.2. The summed E-state index contributed by atoms with van der Waals surface area (Å²) in [7, 11) is -2.48. The number of hydrazine groups is 1. The van der Waals surface area contributed by atoms with Gasteiger partial charge in [-0.05, 0) is 42.5 Å². The summed E-state index contributed by atoms with van der Waals surface area (Å²) < 4.78 is 32.8. The van der Waals surface area contributed by atoms with Gasteiger partial charge < -0.3 is 4.74 Å². The second kappa shape index (κ2) is 9.13. The second-order valence-electron chi connectivity index (χ2n) is 6.18. The topological polar surface area (TPSA) is 140 Å². The quantitative estimate of drug-likeness (QED) is 0.360. The number of benzene rings is 3. The number of hydrogen-bond donors (Lipinski definition) is 3. The molecular weight excluding hydrogens is 424 g/mol. The minimum Gasteiger partial charge on any atom is -0.495 e. The molecule has 3 aromatic carbocycles. The zero-order valence-electron chi connectivity index (χ0n) is 16.2. The fourth-order valence-electron chi connectivity index (χ4n) is 2.65. The van der Waals surface area contributed by atoms with Gasteiger partial charge in [0.2, 0.25) is 0 Å². The first-order chi connectivity index (χ1) is 14.8. The molecule has 0 unspecified atom stereocenters. The first kappa shape index (κ1) is 21.6. The van der Waals surface area contributed by atoms with Crippen molar-refractivity contribution in [1.82, 2.24) is 5.43 Å². The van der Waals surface area contributed by atoms with Gasteiger partial charge in [-0.25, -0.2) is 8.42 Å². The summed E-state index contributed by atoms with van der Waals surface area (Å²) in [6, 6.07) is 17.6. The summed E-state index contributed by atoms with van der Waals surface area (Å²) in [6.45, 7) is 0. The minimum atomic E-state index is -3.91. The largest absolute Gasteiger partial charge is 0.495 e. The molecule has 1 amide bonds. The summed E-state index contributed by atoms with van der Waals surface area (Å²) >= 11 is 0. The van der Waals surface area contributed by atoms with Crippen LogP contribution in [0.3, 0.4) is 0 Å². The Bertz CT molecular complexity index is 1210. The lowest BCUT2D eigenvalue weighted by Gasteiger charge is -2.12. The van der Waals surface area contributed by atoms with Gasteiger partial charge in [-0.3, -0.25) is 30.5 Å². The Morgan fingerprint density at radius 3 is 2.19 bits per heavy atom. The molecule has 3 rings (SSSR count). The number of methoxy groups -OCH3 is 1. The Morgan fingerprint density at radius 1 is 0.935 bits per heavy atom. The van der Waals surface area contributed by atoms with Crippen LogP contribution in [0.4, 0.5) is 17.1 Å². The molecule has 0 aliphatic carbocycles. The molecule has 0 fully saturated rings. The number of amides is 1. The van der Waals surface area contributed by atoms with E-state index >= 15 is 0 Å². The molecule has 0 heterocycles. The summed E-state index contributed by atoms with van der Waals surface area (Å²) in [5.41, 5.74) is 5.19. The summed E-state index contributed by atoms with van der Waals surface area (Å²) in [4.78, 5) is 22.7. The normalized spacial score (nSPS) is 10.7. The number of nitrogens with one attached hydrogen (secondary N) is 3. The number of carbonyl (C=O) groups excluding carboxylic acids is 1. The van der Waals surface area contributed by atoms with Gasteiger partial charge in [0.15, 0.2) is 0 Å². The van der Waals surface area contributed by atoms with Crippen LogP contribution in [-0.2, 0) is 10.0 Å². The molecule has 160 valence electrons. The number of rotatable bonds is 8. The van der Waals surface area contributed by atoms with Crippen LogP contribution < -0.4 is 20.3 Å². The third kappa shape index (κ3) is 5.08. The van der Waals surface area contributed by atoms with Gasteiger partial charge in [-0.15, -0.1) is 0 Å². The van der Waals surface area contributed by atoms with E-state index in [1.807, 2.05) is 0 Å². The van der Waals surface area contributed by atoms with Crippen molar-refractivity contribution in [3.05, 3.63) is 88.5 Å². The maximum atomic E-state index is 12.6. The van der Waals surface area contributed by atoms with Crippen LogP contribution in [0.5, 0.6) is 5.75 Å². The van der Waals surface area contributed by atoms with Crippen LogP contribution in [0.2, 0.25) is 0 Å². The van der Waals surface area contributed by atoms with Crippen LogP contribution >= 0.6 is 0 Å². The molecule has 0 saturated carbocycles. The summed E-state index contributed by atoms with van der Waals surface area (Å²) in [5, 5.41) is 11.0. The minimum absolute atomic E-state index is 0.0541. The predicted molar refractivity (Wildman–Crippen MR) is 114 cm³/mol. The average molecular weight is 442 g/mol. The molecule has 3 N–H and O–H groups in total. The monoisotopic (exact) mass is 442 g/mol. The van der Waals surface area contributed by atoms with Crippen molar-refractivity contribution in [2.45, 2.75) is 4.90 Å². The molecule has 0 bridgehead atoms. The van der Waals surface area contributed by atoms with E-state index in [0.717, 1.165) is 0 Å². The number of nitro benzene ring substituents is 1. The van der Waals surface area contributed by atoms with Crippen molar-refractivity contribution < 1.29 is 22.9 Å². The Morgan fingerprint density at radius 2 is 1.55 bits per heavy atom. The number of para-hydroxylation sites is 4. The number of carbonyl (C=O) groups is 1. The smallest absolute Gasteiger partial charge is 0.294 e. The molecule has 0 aromatic heterocycles. The van der Waals surface area contributed by atoms with Crippen LogP contribution in [0.25, 0.3) is 0 Å². The van der Waals surface area contributed by atoms with Crippen molar-refractivity contribution in [1.29, 1.82) is 0 Å². The van der Waals surface area contributed by atoms with Gasteiger partial charge >= 0.3 is 0 Å². The molecule has 0 atom stereocenters. The molecule has 0 aliphatic rings. The SMILES string of the molecule is COc1ccccc1NS(=O)(=O)c1ccc(C(=O)NNc2ccccc2[N+](=O)[O-])cc1. The van der Waals surface area contributed by atoms with Crippen LogP contribution in [0.15, 0.2) is 77.7 Å². The van der Waals surface area contributed by atoms with Gasteiger partial charge in [0.25, 0.3) is 21.6 Å². The van der Waals surface area contributed by atoms with E-state index < -0.39 is 20.9 Å². The van der Waals surface area contributed by atoms with Crippen molar-refractivity contribution in [2.24, 2.45) is 0 Å². The van der Waals surface area contributed by atoms with E-state index in [4.69, 9.17) is 4.74 Å². The highest BCUT2D eigenvalue weighted by atomic mass is 32.2. The standard InChI is InChI=1S/C20H18N4O6S/c1-30-19-9-5-3-7-17(19)23-31(28,29)15-12-10-14(11-13-15)20(25)22-21-16-6-2-4-8-18(16)24(26)27/h2-13,21,23H,1H3,(H,22,25). The van der Waals surface area contributed by atoms with Crippen molar-refractivity contribution in [3.63, 3.8) is 0 Å². The first-order valence-corrected chi connectivity index (χ1v) is 10.4. The molecule has 31 heavy (non-hydrogen) atoms. The predicted octanol–water partition coefficient (Wildman–Crippen LogP) is 3.16. The van der Waals surface area contributed by atoms with E-state index in [2.05, 4.69) is 15.6 Å². The maximum Gasteiger partial charge on any atom is 0.294 e. The Kier molecular flexibility index (Phi) is 6.36. The molecular formula is C20H18N4O6S. The fraction of sp³-hybridized carbons (Fsp3) is 0.0500. The van der Waals surface area contributed by atoms with Gasteiger partial charge in [0, 0.05) is 11.6 Å². The first-order valence-electron chi connectivity index (χ1n) is 8.87. The molecule has 0 radical (unpaired) electrons. The van der Waals surface area contributed by atoms with Gasteiger partial charge in [0.1, 0.15) is 11.4 Å². The van der Waals surface area contributed by atoms with Crippen LogP contribution in [-0.4, -0.2) is 26.4 Å². The fourth-order valence-corrected chi connectivity index (χ4v) is 3.72. The van der Waals surface area contributed by atoms with Gasteiger partial charge in [-0.1, -0.05) is 24.3 Å². The van der Waals surface area contributed by atoms with E-state index in [0.29, 0.717) is 5.75 Å². The lowest BCUT2D eigenvalue weighted by molar-refractivity contribution is -0.384. The highest BCUT2D eigenvalue weighted by Crippen LogP contribution is 2.26. The van der Waals surface area contributed by atoms with E-state index in [1.165, 1.54) is 49.6 Å². The number of sulfonamides is 1. The average Bonchev–Trinajstić information content (AvgIpc) is 2.77. The molecule has 11 heteroatoms. The molecule has 0 saturated heterocycles. The van der Waals surface area contributed by atoms with Crippen molar-refractivity contribution >= 4 is 33.0 Å². The number of anilines is 2. The van der Waals surface area contributed by atoms with Crippen molar-refractivity contribution in [3.8, 4) is 5.75 Å². The van der Waals surface area contributed by atoms with Crippen molar-refractivity contribution in [2.75, 3.05) is 17.3 Å². The number of ether oxygens (including phenoxy) is 1. The van der Waals surface area contributed by atoms with Crippen LogP contribution in [0, 0.1) is 10.1 Å². The number of nitro groups is 1. The number of nitrogens with zero attached hydrogens (tertiary/aromatic N) is 1. The zero-order valence-corrected chi connectivity index (χ0v) is 17.0. The molecule has 3 aromatic rings. The van der Waals surface area contributed by atoms with Gasteiger partial charge in [0.05, 0.1) is 22.6 Å². The second-order valence-corrected chi connectivity index (χ2v) is 7.87. The van der Waals surface area contributed by atoms with E-state index in [-0.39, 0.29) is 27.5 Å². The molecule has 0 spiro atoms. The Hall–Kier alpha value is -4.12. The Labute approximate surface area is 178 Å². The van der Waals surface area contributed by atoms with E-state index in [9.17, 15) is 23.3 Å². The summed E-state index contributed by atoms with van der Waals surface area (Å²) in [5.74, 6) is -0.233.